The van der Waals surface area contributed by atoms with Crippen LogP contribution in [-0.2, 0) is 4.79 Å². The summed E-state index contributed by atoms with van der Waals surface area (Å²) in [6.07, 6.45) is 4.17. The first-order chi connectivity index (χ1) is 14.6. The molecule has 0 spiro atoms. The lowest BCUT2D eigenvalue weighted by atomic mass is 10.1. The van der Waals surface area contributed by atoms with Crippen LogP contribution in [0, 0.1) is 11.3 Å². The van der Waals surface area contributed by atoms with Crippen LogP contribution >= 0.6 is 11.6 Å². The number of amides is 1. The van der Waals surface area contributed by atoms with Gasteiger partial charge in [0, 0.05) is 42.8 Å². The van der Waals surface area contributed by atoms with Gasteiger partial charge in [-0.25, -0.2) is 0 Å². The van der Waals surface area contributed by atoms with E-state index in [1.54, 1.807) is 31.4 Å². The fourth-order valence-electron chi connectivity index (χ4n) is 3.16. The Morgan fingerprint density at radius 2 is 2.07 bits per heavy atom. The zero-order valence-electron chi connectivity index (χ0n) is 16.8. The predicted octanol–water partition coefficient (Wildman–Crippen LogP) is 3.50. The van der Waals surface area contributed by atoms with Gasteiger partial charge in [0.05, 0.1) is 18.7 Å². The van der Waals surface area contributed by atoms with Crippen LogP contribution in [0.2, 0.25) is 5.02 Å². The third kappa shape index (κ3) is 6.24. The highest BCUT2D eigenvalue weighted by atomic mass is 35.5. The standard InChI is InChI=1S/C23H24ClN3O3/c1-29-22-9-3-17(14-25)13-18(22)4-10-23(28)26-11-2-12-27-15-21(16-27)30-20-7-5-19(24)6-8-20/h3-10,13,21H,2,11-12,15-16H2,1H3,(H,26,28)/b10-4+. The molecule has 2 aromatic rings. The molecular weight excluding hydrogens is 402 g/mol. The molecule has 2 aromatic carbocycles. The lowest BCUT2D eigenvalue weighted by Crippen LogP contribution is -2.54. The SMILES string of the molecule is COc1ccc(C#N)cc1/C=C/C(=O)NCCCN1CC(Oc2ccc(Cl)cc2)C1. The Morgan fingerprint density at radius 3 is 2.77 bits per heavy atom. The highest BCUT2D eigenvalue weighted by Crippen LogP contribution is 2.21. The molecule has 1 aliphatic heterocycles. The van der Waals surface area contributed by atoms with Gasteiger partial charge in [-0.2, -0.15) is 5.26 Å². The first kappa shape index (κ1) is 21.7. The van der Waals surface area contributed by atoms with Crippen LogP contribution in [0.1, 0.15) is 17.5 Å². The van der Waals surface area contributed by atoms with E-state index in [9.17, 15) is 4.79 Å². The van der Waals surface area contributed by atoms with E-state index in [0.717, 1.165) is 31.8 Å². The molecule has 7 heteroatoms. The van der Waals surface area contributed by atoms with E-state index in [1.165, 1.54) is 6.08 Å². The Balaban J connectivity index is 1.33. The van der Waals surface area contributed by atoms with Gasteiger partial charge in [-0.1, -0.05) is 11.6 Å². The molecule has 1 N–H and O–H groups in total. The van der Waals surface area contributed by atoms with Crippen LogP contribution in [0.4, 0.5) is 0 Å². The number of carbonyl (C=O) groups excluding carboxylic acids is 1. The van der Waals surface area contributed by atoms with Crippen LogP contribution in [0.15, 0.2) is 48.5 Å². The number of nitriles is 1. The fourth-order valence-corrected chi connectivity index (χ4v) is 3.28. The summed E-state index contributed by atoms with van der Waals surface area (Å²) >= 11 is 5.87. The average Bonchev–Trinajstić information content (AvgIpc) is 2.74. The van der Waals surface area contributed by atoms with E-state index in [2.05, 4.69) is 16.3 Å². The summed E-state index contributed by atoms with van der Waals surface area (Å²) in [5.41, 5.74) is 1.21. The molecule has 156 valence electrons. The maximum atomic E-state index is 12.0. The van der Waals surface area contributed by atoms with Crippen LogP contribution in [0.5, 0.6) is 11.5 Å². The van der Waals surface area contributed by atoms with Crippen LogP contribution in [0.3, 0.4) is 0 Å². The zero-order chi connectivity index (χ0) is 21.3. The highest BCUT2D eigenvalue weighted by Gasteiger charge is 2.27. The van der Waals surface area contributed by atoms with Gasteiger partial charge < -0.3 is 14.8 Å². The monoisotopic (exact) mass is 425 g/mol. The minimum absolute atomic E-state index is 0.174. The first-order valence-corrected chi connectivity index (χ1v) is 10.1. The Kier molecular flexibility index (Phi) is 7.72. The second kappa shape index (κ2) is 10.7. The Labute approximate surface area is 181 Å². The van der Waals surface area contributed by atoms with Crippen molar-refractivity contribution in [3.8, 4) is 17.6 Å². The van der Waals surface area contributed by atoms with E-state index < -0.39 is 0 Å². The second-order valence-corrected chi connectivity index (χ2v) is 7.44. The summed E-state index contributed by atoms with van der Waals surface area (Å²) in [5.74, 6) is 1.28. The molecule has 0 unspecified atom stereocenters. The van der Waals surface area contributed by atoms with Crippen LogP contribution in [-0.4, -0.2) is 50.2 Å². The average molecular weight is 426 g/mol. The maximum absolute atomic E-state index is 12.0. The lowest BCUT2D eigenvalue weighted by Gasteiger charge is -2.39. The summed E-state index contributed by atoms with van der Waals surface area (Å²) in [5, 5.41) is 12.6. The van der Waals surface area contributed by atoms with Gasteiger partial charge in [-0.15, -0.1) is 0 Å². The minimum atomic E-state index is -0.174. The van der Waals surface area contributed by atoms with Crippen molar-refractivity contribution in [2.75, 3.05) is 33.3 Å². The molecular formula is C23H24ClN3O3. The summed E-state index contributed by atoms with van der Waals surface area (Å²) < 4.78 is 11.1. The number of carbonyl (C=O) groups is 1. The van der Waals surface area contributed by atoms with Crippen LogP contribution in [0.25, 0.3) is 6.08 Å². The van der Waals surface area contributed by atoms with E-state index in [-0.39, 0.29) is 12.0 Å². The molecule has 0 aromatic heterocycles. The van der Waals surface area contributed by atoms with Gasteiger partial charge in [0.2, 0.25) is 5.91 Å². The number of likely N-dealkylation sites (tertiary alicyclic amines) is 1. The molecule has 1 amide bonds. The van der Waals surface area contributed by atoms with E-state index in [1.807, 2.05) is 24.3 Å². The second-order valence-electron chi connectivity index (χ2n) is 7.00. The quantitative estimate of drug-likeness (QED) is 0.491. The highest BCUT2D eigenvalue weighted by molar-refractivity contribution is 6.30. The minimum Gasteiger partial charge on any atom is -0.496 e. The normalized spacial score (nSPS) is 14.2. The number of methoxy groups -OCH3 is 1. The van der Waals surface area contributed by atoms with Crippen molar-refractivity contribution in [3.05, 3.63) is 64.7 Å². The predicted molar refractivity (Wildman–Crippen MR) is 117 cm³/mol. The van der Waals surface area contributed by atoms with Gasteiger partial charge >= 0.3 is 0 Å². The van der Waals surface area contributed by atoms with E-state index in [4.69, 9.17) is 26.3 Å². The number of halogens is 1. The van der Waals surface area contributed by atoms with E-state index >= 15 is 0 Å². The van der Waals surface area contributed by atoms with Crippen molar-refractivity contribution in [2.45, 2.75) is 12.5 Å². The third-order valence-corrected chi connectivity index (χ3v) is 5.02. The molecule has 0 aliphatic carbocycles. The molecule has 0 saturated carbocycles. The molecule has 1 aliphatic rings. The lowest BCUT2D eigenvalue weighted by molar-refractivity contribution is -0.116. The number of hydrogen-bond acceptors (Lipinski definition) is 5. The number of benzene rings is 2. The zero-order valence-corrected chi connectivity index (χ0v) is 17.6. The molecule has 1 fully saturated rings. The summed E-state index contributed by atoms with van der Waals surface area (Å²) in [7, 11) is 1.56. The van der Waals surface area contributed by atoms with E-state index in [0.29, 0.717) is 28.4 Å². The smallest absolute Gasteiger partial charge is 0.244 e. The van der Waals surface area contributed by atoms with Gasteiger partial charge in [-0.05, 0) is 55.0 Å². The maximum Gasteiger partial charge on any atom is 0.244 e. The Hall–Kier alpha value is -3.01. The van der Waals surface area contributed by atoms with Gasteiger partial charge in [0.15, 0.2) is 0 Å². The molecule has 0 radical (unpaired) electrons. The summed E-state index contributed by atoms with van der Waals surface area (Å²) in [6, 6.07) is 14.6. The molecule has 6 nitrogen and oxygen atoms in total. The molecule has 30 heavy (non-hydrogen) atoms. The largest absolute Gasteiger partial charge is 0.496 e. The first-order valence-electron chi connectivity index (χ1n) is 9.76. The molecule has 1 saturated heterocycles. The number of rotatable bonds is 9. The molecule has 3 rings (SSSR count). The number of ether oxygens (including phenoxy) is 2. The fraction of sp³-hybridized carbons (Fsp3) is 0.304. The van der Waals surface area contributed by atoms with Crippen LogP contribution < -0.4 is 14.8 Å². The number of nitrogens with zero attached hydrogens (tertiary/aromatic N) is 2. The van der Waals surface area contributed by atoms with Crippen molar-refractivity contribution < 1.29 is 14.3 Å². The van der Waals surface area contributed by atoms with Crippen molar-refractivity contribution in [1.82, 2.24) is 10.2 Å². The molecule has 1 heterocycles. The van der Waals surface area contributed by atoms with Gasteiger partial charge in [-0.3, -0.25) is 9.69 Å². The topological polar surface area (TPSA) is 74.6 Å². The number of hydrogen-bond donors (Lipinski definition) is 1. The molecule has 0 atom stereocenters. The summed E-state index contributed by atoms with van der Waals surface area (Å²) in [4.78, 5) is 14.3. The number of nitrogens with one attached hydrogen (secondary N) is 1. The van der Waals surface area contributed by atoms with Crippen molar-refractivity contribution in [2.24, 2.45) is 0 Å². The van der Waals surface area contributed by atoms with Crippen molar-refractivity contribution in [1.29, 1.82) is 5.26 Å². The van der Waals surface area contributed by atoms with Gasteiger partial charge in [0.1, 0.15) is 17.6 Å². The Morgan fingerprint density at radius 1 is 1.30 bits per heavy atom. The van der Waals surface area contributed by atoms with Crippen molar-refractivity contribution in [3.63, 3.8) is 0 Å². The molecule has 0 bridgehead atoms. The van der Waals surface area contributed by atoms with Gasteiger partial charge in [0.25, 0.3) is 0 Å². The Bertz CT molecular complexity index is 932. The summed E-state index contributed by atoms with van der Waals surface area (Å²) in [6.45, 7) is 3.26. The third-order valence-electron chi connectivity index (χ3n) is 4.76. The van der Waals surface area contributed by atoms with Crippen molar-refractivity contribution >= 4 is 23.6 Å².